The van der Waals surface area contributed by atoms with Crippen molar-refractivity contribution in [2.45, 2.75) is 26.2 Å². The van der Waals surface area contributed by atoms with E-state index >= 15 is 0 Å². The predicted octanol–water partition coefficient (Wildman–Crippen LogP) is 0.740. The third-order valence-corrected chi connectivity index (χ3v) is 4.10. The SMILES string of the molecule is COCCN1C[C@@H](C(=O)N2CCC[C@H](C)C2)CC1=O. The Balaban J connectivity index is 1.88. The second-order valence-corrected chi connectivity index (χ2v) is 5.77. The summed E-state index contributed by atoms with van der Waals surface area (Å²) < 4.78 is 4.99. The molecule has 0 unspecified atom stereocenters. The molecule has 2 rings (SSSR count). The highest BCUT2D eigenvalue weighted by Gasteiger charge is 2.36. The maximum absolute atomic E-state index is 12.4. The fraction of sp³-hybridized carbons (Fsp3) is 0.857. The summed E-state index contributed by atoms with van der Waals surface area (Å²) in [5, 5.41) is 0. The average molecular weight is 268 g/mol. The smallest absolute Gasteiger partial charge is 0.228 e. The van der Waals surface area contributed by atoms with E-state index in [1.54, 1.807) is 12.0 Å². The van der Waals surface area contributed by atoms with Gasteiger partial charge in [-0.3, -0.25) is 9.59 Å². The lowest BCUT2D eigenvalue weighted by atomic mass is 9.98. The Labute approximate surface area is 114 Å². The Bertz CT molecular complexity index is 346. The van der Waals surface area contributed by atoms with Crippen LogP contribution in [-0.4, -0.2) is 61.5 Å². The van der Waals surface area contributed by atoms with Crippen molar-refractivity contribution in [2.75, 3.05) is 39.9 Å². The number of likely N-dealkylation sites (tertiary alicyclic amines) is 2. The summed E-state index contributed by atoms with van der Waals surface area (Å²) in [6.45, 7) is 5.58. The van der Waals surface area contributed by atoms with Crippen molar-refractivity contribution in [1.29, 1.82) is 0 Å². The Morgan fingerprint density at radius 3 is 2.89 bits per heavy atom. The fourth-order valence-corrected chi connectivity index (χ4v) is 3.00. The molecule has 2 heterocycles. The molecular weight excluding hydrogens is 244 g/mol. The van der Waals surface area contributed by atoms with Gasteiger partial charge >= 0.3 is 0 Å². The van der Waals surface area contributed by atoms with Crippen LogP contribution < -0.4 is 0 Å². The predicted molar refractivity (Wildman–Crippen MR) is 71.5 cm³/mol. The Morgan fingerprint density at radius 2 is 2.21 bits per heavy atom. The third-order valence-electron chi connectivity index (χ3n) is 4.10. The number of piperidine rings is 1. The third kappa shape index (κ3) is 3.47. The molecule has 5 heteroatoms. The lowest BCUT2D eigenvalue weighted by molar-refractivity contribution is -0.137. The van der Waals surface area contributed by atoms with Crippen LogP contribution in [0.3, 0.4) is 0 Å². The van der Waals surface area contributed by atoms with Crippen LogP contribution in [0.1, 0.15) is 26.2 Å². The number of carbonyl (C=O) groups is 2. The van der Waals surface area contributed by atoms with Gasteiger partial charge in [-0.25, -0.2) is 0 Å². The minimum absolute atomic E-state index is 0.0838. The molecule has 2 fully saturated rings. The molecule has 2 aliphatic heterocycles. The summed E-state index contributed by atoms with van der Waals surface area (Å²) in [5.74, 6) is 0.689. The average Bonchev–Trinajstić information content (AvgIpc) is 2.77. The van der Waals surface area contributed by atoms with Crippen molar-refractivity contribution in [3.8, 4) is 0 Å². The first-order valence-corrected chi connectivity index (χ1v) is 7.17. The fourth-order valence-electron chi connectivity index (χ4n) is 3.00. The molecule has 0 aliphatic carbocycles. The number of ether oxygens (including phenoxy) is 1. The van der Waals surface area contributed by atoms with E-state index in [1.807, 2.05) is 4.90 Å². The molecule has 2 saturated heterocycles. The zero-order valence-corrected chi connectivity index (χ0v) is 11.9. The molecule has 0 aromatic rings. The Kier molecular flexibility index (Phi) is 4.80. The standard InChI is InChI=1S/C14H24N2O3/c1-11-4-3-5-16(9-11)14(18)12-8-13(17)15(10-12)6-7-19-2/h11-12H,3-10H2,1-2H3/t11-,12-/m0/s1. The zero-order valence-electron chi connectivity index (χ0n) is 11.9. The number of hydrogen-bond donors (Lipinski definition) is 0. The van der Waals surface area contributed by atoms with Gasteiger partial charge in [0, 0.05) is 39.7 Å². The van der Waals surface area contributed by atoms with Gasteiger partial charge in [-0.15, -0.1) is 0 Å². The van der Waals surface area contributed by atoms with Gasteiger partial charge in [-0.1, -0.05) is 6.92 Å². The van der Waals surface area contributed by atoms with Crippen LogP contribution in [0.5, 0.6) is 0 Å². The van der Waals surface area contributed by atoms with Crippen LogP contribution in [0.2, 0.25) is 0 Å². The van der Waals surface area contributed by atoms with E-state index in [2.05, 4.69) is 6.92 Å². The summed E-state index contributed by atoms with van der Waals surface area (Å²) in [6.07, 6.45) is 2.65. The molecule has 19 heavy (non-hydrogen) atoms. The van der Waals surface area contributed by atoms with Crippen molar-refractivity contribution < 1.29 is 14.3 Å². The summed E-state index contributed by atoms with van der Waals surface area (Å²) in [7, 11) is 1.62. The van der Waals surface area contributed by atoms with Crippen LogP contribution in [0.4, 0.5) is 0 Å². The van der Waals surface area contributed by atoms with Gasteiger partial charge in [-0.05, 0) is 18.8 Å². The minimum Gasteiger partial charge on any atom is -0.383 e. The minimum atomic E-state index is -0.144. The Hall–Kier alpha value is -1.10. The van der Waals surface area contributed by atoms with Gasteiger partial charge in [0.25, 0.3) is 0 Å². The van der Waals surface area contributed by atoms with Gasteiger partial charge in [0.2, 0.25) is 11.8 Å². The molecule has 0 aromatic carbocycles. The van der Waals surface area contributed by atoms with Crippen LogP contribution in [0, 0.1) is 11.8 Å². The first-order chi connectivity index (χ1) is 9.11. The van der Waals surface area contributed by atoms with Crippen molar-refractivity contribution >= 4 is 11.8 Å². The second-order valence-electron chi connectivity index (χ2n) is 5.77. The highest BCUT2D eigenvalue weighted by Crippen LogP contribution is 2.23. The molecular formula is C14H24N2O3. The largest absolute Gasteiger partial charge is 0.383 e. The molecule has 0 saturated carbocycles. The summed E-state index contributed by atoms with van der Waals surface area (Å²) in [4.78, 5) is 28.0. The number of nitrogens with zero attached hydrogens (tertiary/aromatic N) is 2. The van der Waals surface area contributed by atoms with Crippen LogP contribution in [-0.2, 0) is 14.3 Å². The highest BCUT2D eigenvalue weighted by atomic mass is 16.5. The number of hydrogen-bond acceptors (Lipinski definition) is 3. The molecule has 108 valence electrons. The van der Waals surface area contributed by atoms with Gasteiger partial charge in [-0.2, -0.15) is 0 Å². The van der Waals surface area contributed by atoms with Crippen LogP contribution in [0.25, 0.3) is 0 Å². The van der Waals surface area contributed by atoms with Gasteiger partial charge in [0.05, 0.1) is 12.5 Å². The lowest BCUT2D eigenvalue weighted by Crippen LogP contribution is -2.43. The molecule has 2 atom stereocenters. The first kappa shape index (κ1) is 14.3. The molecule has 0 spiro atoms. The van der Waals surface area contributed by atoms with E-state index in [0.29, 0.717) is 32.0 Å². The first-order valence-electron chi connectivity index (χ1n) is 7.17. The number of methoxy groups -OCH3 is 1. The van der Waals surface area contributed by atoms with E-state index in [1.165, 1.54) is 6.42 Å². The van der Waals surface area contributed by atoms with Gasteiger partial charge < -0.3 is 14.5 Å². The summed E-state index contributed by atoms with van der Waals surface area (Å²) >= 11 is 0. The maximum atomic E-state index is 12.4. The molecule has 2 aliphatic rings. The topological polar surface area (TPSA) is 49.9 Å². The normalized spacial score (nSPS) is 28.0. The van der Waals surface area contributed by atoms with E-state index in [-0.39, 0.29) is 17.7 Å². The number of carbonyl (C=O) groups excluding carboxylic acids is 2. The molecule has 2 amide bonds. The number of amides is 2. The van der Waals surface area contributed by atoms with Crippen molar-refractivity contribution in [2.24, 2.45) is 11.8 Å². The second kappa shape index (κ2) is 6.37. The Morgan fingerprint density at radius 1 is 1.42 bits per heavy atom. The van der Waals surface area contributed by atoms with Gasteiger partial charge in [0.15, 0.2) is 0 Å². The van der Waals surface area contributed by atoms with E-state index < -0.39 is 0 Å². The van der Waals surface area contributed by atoms with Gasteiger partial charge in [0.1, 0.15) is 0 Å². The van der Waals surface area contributed by atoms with Crippen molar-refractivity contribution in [1.82, 2.24) is 9.80 Å². The van der Waals surface area contributed by atoms with E-state index in [9.17, 15) is 9.59 Å². The van der Waals surface area contributed by atoms with Crippen molar-refractivity contribution in [3.05, 3.63) is 0 Å². The molecule has 5 nitrogen and oxygen atoms in total. The van der Waals surface area contributed by atoms with E-state index in [4.69, 9.17) is 4.74 Å². The van der Waals surface area contributed by atoms with Crippen LogP contribution in [0.15, 0.2) is 0 Å². The monoisotopic (exact) mass is 268 g/mol. The van der Waals surface area contributed by atoms with Crippen LogP contribution >= 0.6 is 0 Å². The molecule has 0 bridgehead atoms. The molecule has 0 aromatic heterocycles. The molecule has 0 radical (unpaired) electrons. The van der Waals surface area contributed by atoms with Crippen molar-refractivity contribution in [3.63, 3.8) is 0 Å². The number of rotatable bonds is 4. The lowest BCUT2D eigenvalue weighted by Gasteiger charge is -2.32. The maximum Gasteiger partial charge on any atom is 0.228 e. The van der Waals surface area contributed by atoms with E-state index in [0.717, 1.165) is 19.5 Å². The summed E-state index contributed by atoms with van der Waals surface area (Å²) in [6, 6.07) is 0. The quantitative estimate of drug-likeness (QED) is 0.755. The highest BCUT2D eigenvalue weighted by molar-refractivity contribution is 5.89. The molecule has 0 N–H and O–H groups in total. The summed E-state index contributed by atoms with van der Waals surface area (Å²) in [5.41, 5.74) is 0. The zero-order chi connectivity index (χ0) is 13.8.